The zero-order valence-electron chi connectivity index (χ0n) is 5.94. The Kier molecular flexibility index (Phi) is 1.63. The van der Waals surface area contributed by atoms with Crippen LogP contribution in [0.25, 0.3) is 0 Å². The van der Waals surface area contributed by atoms with Gasteiger partial charge in [-0.25, -0.2) is 0 Å². The number of β-amino-alcohol motifs (C(OH)–C–C–N with tert-alkyl or cyclic N) is 1. The second kappa shape index (κ2) is 2.62. The molecule has 4 N–H and O–H groups in total. The van der Waals surface area contributed by atoms with E-state index in [1.165, 1.54) is 0 Å². The van der Waals surface area contributed by atoms with Gasteiger partial charge in [-0.05, 0) is 0 Å². The van der Waals surface area contributed by atoms with Gasteiger partial charge in [-0.15, -0.1) is 0 Å². The summed E-state index contributed by atoms with van der Waals surface area (Å²) in [6.07, 6.45) is -1.88. The number of aliphatic hydroxyl groups is 3. The number of aliphatic hydroxyl groups excluding tert-OH is 3. The van der Waals surface area contributed by atoms with Gasteiger partial charge in [-0.3, -0.25) is 0 Å². The molecule has 0 saturated carbocycles. The van der Waals surface area contributed by atoms with E-state index in [4.69, 9.17) is 16.7 Å². The molecule has 0 unspecified atom stereocenters. The van der Waals surface area contributed by atoms with Gasteiger partial charge in [0.15, 0.2) is 0 Å². The van der Waals surface area contributed by atoms with Gasteiger partial charge >= 0.3 is 0 Å². The van der Waals surface area contributed by atoms with Crippen LogP contribution in [0.4, 0.5) is 0 Å². The molecule has 1 saturated heterocycles. The highest BCUT2D eigenvalue weighted by Crippen LogP contribution is 2.05. The Labute approximate surface area is 54.6 Å². The van der Waals surface area contributed by atoms with Gasteiger partial charge < -0.3 is 20.6 Å². The minimum absolute atomic E-state index is 0.104. The van der Waals surface area contributed by atoms with Crippen molar-refractivity contribution in [1.82, 2.24) is 5.31 Å². The molecule has 4 nitrogen and oxygen atoms in total. The molecule has 1 heterocycles. The van der Waals surface area contributed by atoms with E-state index in [0.717, 1.165) is 5.31 Å². The molecule has 1 rings (SSSR count). The van der Waals surface area contributed by atoms with E-state index in [0.29, 0.717) is 0 Å². The van der Waals surface area contributed by atoms with E-state index in [2.05, 4.69) is 0 Å². The van der Waals surface area contributed by atoms with Crippen molar-refractivity contribution in [2.75, 3.05) is 13.2 Å². The van der Waals surface area contributed by atoms with Gasteiger partial charge in [-0.1, -0.05) is 0 Å². The van der Waals surface area contributed by atoms with Crippen LogP contribution in [-0.4, -0.2) is 46.7 Å². The fourth-order valence-corrected chi connectivity index (χ4v) is 0.882. The molecule has 0 aromatic rings. The van der Waals surface area contributed by atoms with Gasteiger partial charge in [0.1, 0.15) is 1.41 Å². The fourth-order valence-electron chi connectivity index (χ4n) is 0.882. The van der Waals surface area contributed by atoms with Gasteiger partial charge in [-0.2, -0.15) is 0 Å². The van der Waals surface area contributed by atoms with Crippen LogP contribution in [0.1, 0.15) is 0 Å². The van der Waals surface area contributed by atoms with Crippen molar-refractivity contribution in [3.05, 3.63) is 0 Å². The van der Waals surface area contributed by atoms with Crippen molar-refractivity contribution < 1.29 is 16.7 Å². The highest BCUT2D eigenvalue weighted by atomic mass is 16.3. The molecule has 1 aliphatic rings. The summed E-state index contributed by atoms with van der Waals surface area (Å²) >= 11 is 0. The highest BCUT2D eigenvalue weighted by Gasteiger charge is 2.31. The standard InChI is InChI=1S/C5H11NO3/c7-2-3-5(9)4(8)1-6-3/h3-9H,1-2H2/t3-,4+,5-/m1/s1/i/hD. The molecule has 0 spiro atoms. The van der Waals surface area contributed by atoms with Gasteiger partial charge in [0.05, 0.1) is 24.9 Å². The summed E-state index contributed by atoms with van der Waals surface area (Å²) in [5.74, 6) is 0. The van der Waals surface area contributed by atoms with E-state index in [9.17, 15) is 0 Å². The normalized spacial score (nSPS) is 47.4. The van der Waals surface area contributed by atoms with E-state index in [1.54, 1.807) is 0 Å². The molecule has 0 amide bonds. The maximum Gasteiger partial charge on any atom is 0.123 e. The summed E-state index contributed by atoms with van der Waals surface area (Å²) in [5, 5.41) is 27.6. The van der Waals surface area contributed by atoms with Crippen molar-refractivity contribution in [3.8, 4) is 0 Å². The molecule has 3 atom stereocenters. The Morgan fingerprint density at radius 2 is 2.33 bits per heavy atom. The molecule has 1 aliphatic heterocycles. The molecular weight excluding hydrogens is 122 g/mol. The predicted molar refractivity (Wildman–Crippen MR) is 30.9 cm³/mol. The number of hydrogen-bond donors (Lipinski definition) is 4. The van der Waals surface area contributed by atoms with Gasteiger partial charge in [0, 0.05) is 6.54 Å². The van der Waals surface area contributed by atoms with Crippen LogP contribution in [0.5, 0.6) is 0 Å². The minimum Gasteiger partial charge on any atom is -0.395 e. The molecule has 54 valence electrons. The first-order chi connectivity index (χ1) is 4.66. The van der Waals surface area contributed by atoms with E-state index < -0.39 is 18.2 Å². The third kappa shape index (κ3) is 1.21. The monoisotopic (exact) mass is 134 g/mol. The summed E-state index contributed by atoms with van der Waals surface area (Å²) in [6.45, 7) is -0.186. The quantitative estimate of drug-likeness (QED) is 0.324. The van der Waals surface area contributed by atoms with Gasteiger partial charge in [0.2, 0.25) is 0 Å². The van der Waals surface area contributed by atoms with E-state index in [-0.39, 0.29) is 13.2 Å². The Hall–Kier alpha value is -0.160. The third-order valence-corrected chi connectivity index (χ3v) is 1.50. The predicted octanol–water partition coefficient (Wildman–Crippen LogP) is -2.33. The first kappa shape index (κ1) is 5.61. The number of rotatable bonds is 1. The lowest BCUT2D eigenvalue weighted by Crippen LogP contribution is -2.35. The van der Waals surface area contributed by atoms with Crippen LogP contribution in [0, 0.1) is 0 Å². The lowest BCUT2D eigenvalue weighted by Gasteiger charge is -2.11. The Morgan fingerprint density at radius 1 is 1.67 bits per heavy atom. The van der Waals surface area contributed by atoms with Crippen LogP contribution in [0.2, 0.25) is 1.41 Å². The summed E-state index contributed by atoms with van der Waals surface area (Å²) < 4.78 is 7.10. The van der Waals surface area contributed by atoms with Crippen LogP contribution in [0.3, 0.4) is 0 Å². The molecule has 1 fully saturated rings. The molecule has 9 heavy (non-hydrogen) atoms. The summed E-state index contributed by atoms with van der Waals surface area (Å²) in [6, 6.07) is -0.630. The fraction of sp³-hybridized carbons (Fsp3) is 1.00. The topological polar surface area (TPSA) is 72.7 Å². The minimum atomic E-state index is -0.984. The second-order valence-corrected chi connectivity index (χ2v) is 2.17. The first-order valence-electron chi connectivity index (χ1n) is 3.34. The smallest absolute Gasteiger partial charge is 0.123 e. The number of hydrogen-bond acceptors (Lipinski definition) is 4. The van der Waals surface area contributed by atoms with Crippen molar-refractivity contribution >= 4 is 0 Å². The molecule has 4 heteroatoms. The van der Waals surface area contributed by atoms with Crippen LogP contribution in [-0.2, 0) is 0 Å². The summed E-state index contributed by atoms with van der Waals surface area (Å²) in [5.41, 5.74) is 0. The van der Waals surface area contributed by atoms with E-state index >= 15 is 0 Å². The van der Waals surface area contributed by atoms with Crippen LogP contribution < -0.4 is 5.31 Å². The van der Waals surface area contributed by atoms with Gasteiger partial charge in [0.25, 0.3) is 0 Å². The van der Waals surface area contributed by atoms with Crippen molar-refractivity contribution in [3.63, 3.8) is 0 Å². The third-order valence-electron chi connectivity index (χ3n) is 1.50. The zero-order chi connectivity index (χ0) is 7.72. The SMILES string of the molecule is [2H]N1C[C@H](O)[C@H](O)[C@H]1CO. The van der Waals surface area contributed by atoms with Crippen LogP contribution in [0.15, 0.2) is 0 Å². The molecule has 0 bridgehead atoms. The average Bonchev–Trinajstić information content (AvgIpc) is 2.09. The van der Waals surface area contributed by atoms with Crippen molar-refractivity contribution in [2.45, 2.75) is 18.2 Å². The molecular formula is C5H11NO3. The van der Waals surface area contributed by atoms with Crippen molar-refractivity contribution in [2.24, 2.45) is 0 Å². The summed E-state index contributed by atoms with van der Waals surface area (Å²) in [4.78, 5) is 0. The first-order valence-corrected chi connectivity index (χ1v) is 2.89. The second-order valence-electron chi connectivity index (χ2n) is 2.17. The van der Waals surface area contributed by atoms with Crippen molar-refractivity contribution in [1.29, 1.82) is 0 Å². The molecule has 0 radical (unpaired) electrons. The maximum atomic E-state index is 9.06. The Balaban J connectivity index is 2.55. The Bertz CT molecular complexity index is 123. The number of nitrogens with one attached hydrogen (secondary N) is 1. The molecule has 0 aromatic carbocycles. The lowest BCUT2D eigenvalue weighted by molar-refractivity contribution is 0.0295. The Morgan fingerprint density at radius 3 is 2.56 bits per heavy atom. The van der Waals surface area contributed by atoms with E-state index in [1.807, 2.05) is 0 Å². The average molecular weight is 134 g/mol. The lowest BCUT2D eigenvalue weighted by atomic mass is 10.1. The zero-order valence-corrected chi connectivity index (χ0v) is 4.94. The summed E-state index contributed by atoms with van der Waals surface area (Å²) in [7, 11) is 0. The highest BCUT2D eigenvalue weighted by molar-refractivity contribution is 4.89. The largest absolute Gasteiger partial charge is 0.395 e. The maximum absolute atomic E-state index is 9.06. The molecule has 0 aliphatic carbocycles. The van der Waals surface area contributed by atoms with Crippen LogP contribution >= 0.6 is 0 Å². The molecule has 0 aromatic heterocycles.